The Balaban J connectivity index is 2.54. The first-order chi connectivity index (χ1) is 8.48. The summed E-state index contributed by atoms with van der Waals surface area (Å²) in [7, 11) is 0. The minimum Gasteiger partial charge on any atom is -0.479 e. The predicted molar refractivity (Wildman–Crippen MR) is 67.1 cm³/mol. The first-order valence-corrected chi connectivity index (χ1v) is 6.08. The van der Waals surface area contributed by atoms with Crippen molar-refractivity contribution < 1.29 is 14.7 Å². The number of benzene rings is 1. The highest BCUT2D eigenvalue weighted by Gasteiger charge is 2.46. The molecule has 0 aromatic heterocycles. The lowest BCUT2D eigenvalue weighted by atomic mass is 9.87. The first kappa shape index (κ1) is 12.6. The van der Waals surface area contributed by atoms with E-state index in [2.05, 4.69) is 0 Å². The summed E-state index contributed by atoms with van der Waals surface area (Å²) in [5, 5.41) is 9.59. The van der Waals surface area contributed by atoms with Gasteiger partial charge in [-0.05, 0) is 31.4 Å². The smallest absolute Gasteiger partial charge is 0.334 e. The van der Waals surface area contributed by atoms with Gasteiger partial charge in [0.05, 0.1) is 0 Å². The standard InChI is InChI=1S/C14H17NO3/c1-10-6-3-4-7-11(10)14(2,13(17)18)15-9-5-8-12(15)16/h3-4,6-7H,5,8-9H2,1-2H3,(H,17,18). The molecule has 1 unspecified atom stereocenters. The zero-order valence-corrected chi connectivity index (χ0v) is 10.6. The Morgan fingerprint density at radius 3 is 2.56 bits per heavy atom. The van der Waals surface area contributed by atoms with Crippen LogP contribution >= 0.6 is 0 Å². The van der Waals surface area contributed by atoms with Crippen LogP contribution in [0.25, 0.3) is 0 Å². The maximum absolute atomic E-state index is 11.9. The molecule has 1 heterocycles. The number of amides is 1. The molecule has 1 saturated heterocycles. The Labute approximate surface area is 106 Å². The maximum atomic E-state index is 11.9. The number of carboxylic acid groups (broad SMARTS) is 1. The number of hydrogen-bond acceptors (Lipinski definition) is 2. The third kappa shape index (κ3) is 1.78. The Morgan fingerprint density at radius 1 is 1.39 bits per heavy atom. The molecule has 1 aromatic rings. The summed E-state index contributed by atoms with van der Waals surface area (Å²) in [5.41, 5.74) is 0.314. The number of rotatable bonds is 3. The molecular weight excluding hydrogens is 230 g/mol. The quantitative estimate of drug-likeness (QED) is 0.887. The van der Waals surface area contributed by atoms with Gasteiger partial charge >= 0.3 is 5.97 Å². The second kappa shape index (κ2) is 4.44. The molecule has 0 aliphatic carbocycles. The van der Waals surface area contributed by atoms with Gasteiger partial charge in [0.25, 0.3) is 0 Å². The summed E-state index contributed by atoms with van der Waals surface area (Å²) in [6.45, 7) is 3.99. The molecule has 4 nitrogen and oxygen atoms in total. The average Bonchev–Trinajstić information content (AvgIpc) is 2.75. The van der Waals surface area contributed by atoms with Gasteiger partial charge in [-0.25, -0.2) is 4.79 Å². The van der Waals surface area contributed by atoms with Crippen LogP contribution in [0.3, 0.4) is 0 Å². The van der Waals surface area contributed by atoms with Crippen molar-refractivity contribution in [3.63, 3.8) is 0 Å². The van der Waals surface area contributed by atoms with Gasteiger partial charge in [-0.3, -0.25) is 4.79 Å². The molecule has 1 aromatic carbocycles. The van der Waals surface area contributed by atoms with Crippen molar-refractivity contribution in [2.24, 2.45) is 0 Å². The highest BCUT2D eigenvalue weighted by atomic mass is 16.4. The number of aliphatic carboxylic acids is 1. The molecular formula is C14H17NO3. The molecule has 4 heteroatoms. The van der Waals surface area contributed by atoms with Crippen LogP contribution in [-0.2, 0) is 15.1 Å². The van der Waals surface area contributed by atoms with E-state index in [1.807, 2.05) is 25.1 Å². The Morgan fingerprint density at radius 2 is 2.06 bits per heavy atom. The van der Waals surface area contributed by atoms with Gasteiger partial charge in [0.2, 0.25) is 5.91 Å². The van der Waals surface area contributed by atoms with E-state index < -0.39 is 11.5 Å². The molecule has 1 fully saturated rings. The fourth-order valence-corrected chi connectivity index (χ4v) is 2.62. The molecule has 0 radical (unpaired) electrons. The van der Waals surface area contributed by atoms with Crippen molar-refractivity contribution in [3.8, 4) is 0 Å². The van der Waals surface area contributed by atoms with E-state index in [1.165, 1.54) is 4.90 Å². The number of nitrogens with zero attached hydrogens (tertiary/aromatic N) is 1. The second-order valence-corrected chi connectivity index (χ2v) is 4.84. The van der Waals surface area contributed by atoms with Crippen molar-refractivity contribution >= 4 is 11.9 Å². The lowest BCUT2D eigenvalue weighted by Crippen LogP contribution is -2.50. The lowest BCUT2D eigenvalue weighted by molar-refractivity contribution is -0.156. The number of carbonyl (C=O) groups excluding carboxylic acids is 1. The summed E-state index contributed by atoms with van der Waals surface area (Å²) in [5.74, 6) is -1.06. The van der Waals surface area contributed by atoms with Gasteiger partial charge in [0, 0.05) is 13.0 Å². The maximum Gasteiger partial charge on any atom is 0.334 e. The van der Waals surface area contributed by atoms with E-state index >= 15 is 0 Å². The van der Waals surface area contributed by atoms with E-state index in [0.29, 0.717) is 18.5 Å². The molecule has 1 atom stereocenters. The molecule has 0 spiro atoms. The summed E-state index contributed by atoms with van der Waals surface area (Å²) >= 11 is 0. The van der Waals surface area contributed by atoms with Crippen LogP contribution in [0.15, 0.2) is 24.3 Å². The van der Waals surface area contributed by atoms with Gasteiger partial charge in [0.1, 0.15) is 0 Å². The third-order valence-corrected chi connectivity index (χ3v) is 3.70. The summed E-state index contributed by atoms with van der Waals surface area (Å²) in [4.78, 5) is 25.1. The molecule has 18 heavy (non-hydrogen) atoms. The number of likely N-dealkylation sites (tertiary alicyclic amines) is 1. The molecule has 1 aliphatic heterocycles. The number of carbonyl (C=O) groups is 2. The van der Waals surface area contributed by atoms with Crippen LogP contribution in [0.1, 0.15) is 30.9 Å². The fourth-order valence-electron chi connectivity index (χ4n) is 2.62. The Bertz CT molecular complexity index is 498. The largest absolute Gasteiger partial charge is 0.479 e. The zero-order chi connectivity index (χ0) is 13.3. The highest BCUT2D eigenvalue weighted by Crippen LogP contribution is 2.34. The van der Waals surface area contributed by atoms with Crippen LogP contribution < -0.4 is 0 Å². The third-order valence-electron chi connectivity index (χ3n) is 3.70. The van der Waals surface area contributed by atoms with E-state index in [4.69, 9.17) is 0 Å². The van der Waals surface area contributed by atoms with E-state index in [1.54, 1.807) is 13.0 Å². The summed E-state index contributed by atoms with van der Waals surface area (Å²) in [6, 6.07) is 7.34. The van der Waals surface area contributed by atoms with Crippen LogP contribution in [0.4, 0.5) is 0 Å². The molecule has 1 N–H and O–H groups in total. The van der Waals surface area contributed by atoms with Crippen LogP contribution in [0, 0.1) is 6.92 Å². The minimum atomic E-state index is -1.26. The highest BCUT2D eigenvalue weighted by molar-refractivity contribution is 5.89. The topological polar surface area (TPSA) is 57.6 Å². The first-order valence-electron chi connectivity index (χ1n) is 6.08. The summed E-state index contributed by atoms with van der Waals surface area (Å²) in [6.07, 6.45) is 1.17. The van der Waals surface area contributed by atoms with Gasteiger partial charge in [-0.15, -0.1) is 0 Å². The zero-order valence-electron chi connectivity index (χ0n) is 10.6. The lowest BCUT2D eigenvalue weighted by Gasteiger charge is -2.36. The van der Waals surface area contributed by atoms with E-state index in [9.17, 15) is 14.7 Å². The van der Waals surface area contributed by atoms with Gasteiger partial charge in [-0.2, -0.15) is 0 Å². The van der Waals surface area contributed by atoms with Gasteiger partial charge in [0.15, 0.2) is 5.54 Å². The van der Waals surface area contributed by atoms with E-state index in [-0.39, 0.29) is 5.91 Å². The molecule has 0 bridgehead atoms. The molecule has 96 valence electrons. The molecule has 1 amide bonds. The summed E-state index contributed by atoms with van der Waals surface area (Å²) < 4.78 is 0. The number of carboxylic acids is 1. The monoisotopic (exact) mass is 247 g/mol. The van der Waals surface area contributed by atoms with Crippen molar-refractivity contribution in [3.05, 3.63) is 35.4 Å². The van der Waals surface area contributed by atoms with Crippen LogP contribution in [0.2, 0.25) is 0 Å². The molecule has 1 aliphatic rings. The van der Waals surface area contributed by atoms with Crippen molar-refractivity contribution in [1.82, 2.24) is 4.90 Å². The predicted octanol–water partition coefficient (Wildman–Crippen LogP) is 1.92. The normalized spacial score (nSPS) is 18.8. The van der Waals surface area contributed by atoms with Crippen molar-refractivity contribution in [2.75, 3.05) is 6.54 Å². The number of aryl methyl sites for hydroxylation is 1. The van der Waals surface area contributed by atoms with Crippen LogP contribution in [0.5, 0.6) is 0 Å². The van der Waals surface area contributed by atoms with Crippen LogP contribution in [-0.4, -0.2) is 28.4 Å². The second-order valence-electron chi connectivity index (χ2n) is 4.84. The van der Waals surface area contributed by atoms with Gasteiger partial charge in [-0.1, -0.05) is 24.3 Å². The van der Waals surface area contributed by atoms with Crippen molar-refractivity contribution in [1.29, 1.82) is 0 Å². The average molecular weight is 247 g/mol. The van der Waals surface area contributed by atoms with Gasteiger partial charge < -0.3 is 10.0 Å². The van der Waals surface area contributed by atoms with E-state index in [0.717, 1.165) is 12.0 Å². The number of hydrogen-bond donors (Lipinski definition) is 1. The van der Waals surface area contributed by atoms with Crippen molar-refractivity contribution in [2.45, 2.75) is 32.2 Å². The molecule has 2 rings (SSSR count). The Hall–Kier alpha value is -1.84. The molecule has 0 saturated carbocycles. The SMILES string of the molecule is Cc1ccccc1C(C)(C(=O)O)N1CCCC1=O. The fraction of sp³-hybridized carbons (Fsp3) is 0.429. The minimum absolute atomic E-state index is 0.0804. The Kier molecular flexibility index (Phi) is 3.11.